The summed E-state index contributed by atoms with van der Waals surface area (Å²) >= 11 is 0. The van der Waals surface area contributed by atoms with Crippen LogP contribution >= 0.6 is 0 Å². The number of rotatable bonds is 5. The largest absolute Gasteiger partial charge is 0.516 e. The minimum absolute atomic E-state index is 0.0467. The van der Waals surface area contributed by atoms with E-state index in [2.05, 4.69) is 16.0 Å². The number of aryl methyl sites for hydroxylation is 2. The quantitative estimate of drug-likeness (QED) is 0.301. The van der Waals surface area contributed by atoms with Gasteiger partial charge in [-0.1, -0.05) is 78.4 Å². The van der Waals surface area contributed by atoms with Gasteiger partial charge in [-0.05, 0) is 31.0 Å². The van der Waals surface area contributed by atoms with Gasteiger partial charge in [-0.2, -0.15) is 10.2 Å². The van der Waals surface area contributed by atoms with Gasteiger partial charge in [0.2, 0.25) is 0 Å². The summed E-state index contributed by atoms with van der Waals surface area (Å²) in [5.74, 6) is 0.368. The number of ether oxygens (including phenoxy) is 2. The van der Waals surface area contributed by atoms with Gasteiger partial charge in [-0.15, -0.1) is 0 Å². The standard InChI is InChI=1S/C28H21N5O3/c1-18-12-14-21(15-13-18)25-30-22(16-29)24-26(32-25)33(23-11-7-6-8-19(23)2)27(31-24)36-28(34)35-17-20-9-4-3-5-10-20/h3-15H,17H2,1-2H3. The molecule has 0 saturated heterocycles. The SMILES string of the molecule is Cc1ccc(-c2nc(C#N)c3nc(OC(=O)OCc4ccccc4)n(-c4ccccc4C)c3n2)cc1. The van der Waals surface area contributed by atoms with E-state index >= 15 is 0 Å². The van der Waals surface area contributed by atoms with Crippen molar-refractivity contribution in [2.45, 2.75) is 20.5 Å². The maximum absolute atomic E-state index is 12.6. The predicted molar refractivity (Wildman–Crippen MR) is 134 cm³/mol. The smallest absolute Gasteiger partial charge is 0.429 e. The molecular weight excluding hydrogens is 454 g/mol. The molecule has 0 spiro atoms. The van der Waals surface area contributed by atoms with Gasteiger partial charge in [0.1, 0.15) is 18.2 Å². The molecule has 0 aliphatic rings. The van der Waals surface area contributed by atoms with Crippen LogP contribution in [0, 0.1) is 25.2 Å². The lowest BCUT2D eigenvalue weighted by Gasteiger charge is -2.11. The van der Waals surface area contributed by atoms with E-state index in [1.165, 1.54) is 0 Å². The lowest BCUT2D eigenvalue weighted by molar-refractivity contribution is 0.0892. The Hall–Kier alpha value is -5.03. The second-order valence-electron chi connectivity index (χ2n) is 8.19. The number of aromatic nitrogens is 4. The molecule has 0 bridgehead atoms. The van der Waals surface area contributed by atoms with Crippen LogP contribution in [0.2, 0.25) is 0 Å². The third-order valence-corrected chi connectivity index (χ3v) is 5.62. The van der Waals surface area contributed by atoms with E-state index in [1.807, 2.05) is 92.7 Å². The average molecular weight is 476 g/mol. The van der Waals surface area contributed by atoms with Crippen LogP contribution in [-0.4, -0.2) is 25.7 Å². The topological polar surface area (TPSA) is 103 Å². The summed E-state index contributed by atoms with van der Waals surface area (Å²) < 4.78 is 12.4. The van der Waals surface area contributed by atoms with E-state index in [0.29, 0.717) is 17.2 Å². The summed E-state index contributed by atoms with van der Waals surface area (Å²) in [6.45, 7) is 3.96. The molecule has 0 aliphatic carbocycles. The molecule has 176 valence electrons. The van der Waals surface area contributed by atoms with Gasteiger partial charge in [0.05, 0.1) is 5.69 Å². The molecule has 0 atom stereocenters. The number of carbonyl (C=O) groups excluding carboxylic acids is 1. The Morgan fingerprint density at radius 2 is 1.64 bits per heavy atom. The van der Waals surface area contributed by atoms with Gasteiger partial charge in [0.15, 0.2) is 17.2 Å². The Bertz CT molecular complexity index is 1600. The Balaban J connectivity index is 1.61. The normalized spacial score (nSPS) is 10.7. The third-order valence-electron chi connectivity index (χ3n) is 5.62. The number of fused-ring (bicyclic) bond motifs is 1. The van der Waals surface area contributed by atoms with E-state index in [-0.39, 0.29) is 23.8 Å². The molecule has 0 N–H and O–H groups in total. The van der Waals surface area contributed by atoms with Crippen LogP contribution in [0.4, 0.5) is 4.79 Å². The monoisotopic (exact) mass is 475 g/mol. The first-order valence-corrected chi connectivity index (χ1v) is 11.3. The first-order chi connectivity index (χ1) is 17.5. The summed E-state index contributed by atoms with van der Waals surface area (Å²) in [6.07, 6.45) is -0.922. The average Bonchev–Trinajstić information content (AvgIpc) is 3.25. The van der Waals surface area contributed by atoms with Gasteiger partial charge < -0.3 is 9.47 Å². The number of imidazole rings is 1. The molecule has 3 aromatic carbocycles. The van der Waals surface area contributed by atoms with Crippen molar-refractivity contribution in [1.29, 1.82) is 5.26 Å². The van der Waals surface area contributed by atoms with Crippen LogP contribution in [0.25, 0.3) is 28.2 Å². The van der Waals surface area contributed by atoms with Gasteiger partial charge in [-0.25, -0.2) is 19.3 Å². The summed E-state index contributed by atoms with van der Waals surface area (Å²) in [5, 5.41) is 9.85. The van der Waals surface area contributed by atoms with Gasteiger partial charge in [0, 0.05) is 5.56 Å². The van der Waals surface area contributed by atoms with Crippen molar-refractivity contribution in [2.24, 2.45) is 0 Å². The van der Waals surface area contributed by atoms with Gasteiger partial charge in [0.25, 0.3) is 0 Å². The zero-order valence-electron chi connectivity index (χ0n) is 19.7. The molecule has 0 amide bonds. The highest BCUT2D eigenvalue weighted by Crippen LogP contribution is 2.30. The van der Waals surface area contributed by atoms with Crippen LogP contribution in [0.15, 0.2) is 78.9 Å². The molecule has 8 nitrogen and oxygen atoms in total. The van der Waals surface area contributed by atoms with Crippen molar-refractivity contribution >= 4 is 17.3 Å². The number of nitriles is 1. The number of hydrogen-bond donors (Lipinski definition) is 0. The van der Waals surface area contributed by atoms with Crippen LogP contribution in [-0.2, 0) is 11.3 Å². The van der Waals surface area contributed by atoms with Crippen LogP contribution < -0.4 is 4.74 Å². The van der Waals surface area contributed by atoms with E-state index in [1.54, 1.807) is 4.57 Å². The van der Waals surface area contributed by atoms with Gasteiger partial charge in [-0.3, -0.25) is 0 Å². The molecule has 2 aromatic heterocycles. The fourth-order valence-electron chi connectivity index (χ4n) is 3.77. The molecule has 0 unspecified atom stereocenters. The lowest BCUT2D eigenvalue weighted by atomic mass is 10.1. The van der Waals surface area contributed by atoms with E-state index in [4.69, 9.17) is 14.5 Å². The Morgan fingerprint density at radius 1 is 0.917 bits per heavy atom. The summed E-state index contributed by atoms with van der Waals surface area (Å²) in [4.78, 5) is 26.2. The minimum atomic E-state index is -0.922. The zero-order valence-corrected chi connectivity index (χ0v) is 19.7. The molecule has 0 saturated carbocycles. The maximum atomic E-state index is 12.6. The maximum Gasteiger partial charge on any atom is 0.516 e. The van der Waals surface area contributed by atoms with Crippen molar-refractivity contribution in [2.75, 3.05) is 0 Å². The highest BCUT2D eigenvalue weighted by molar-refractivity contribution is 5.82. The Kier molecular flexibility index (Phi) is 6.12. The van der Waals surface area contributed by atoms with Crippen LogP contribution in [0.3, 0.4) is 0 Å². The molecular formula is C28H21N5O3. The molecule has 5 rings (SSSR count). The number of carbonyl (C=O) groups is 1. The van der Waals surface area contributed by atoms with E-state index in [9.17, 15) is 10.1 Å². The van der Waals surface area contributed by atoms with Crippen molar-refractivity contribution in [3.05, 3.63) is 101 Å². The molecule has 2 heterocycles. The van der Waals surface area contributed by atoms with Gasteiger partial charge >= 0.3 is 12.2 Å². The van der Waals surface area contributed by atoms with E-state index in [0.717, 1.165) is 22.3 Å². The molecule has 5 aromatic rings. The molecule has 0 aliphatic heterocycles. The number of hydrogen-bond acceptors (Lipinski definition) is 7. The summed E-state index contributed by atoms with van der Waals surface area (Å²) in [6, 6.07) is 26.5. The van der Waals surface area contributed by atoms with Crippen molar-refractivity contribution in [1.82, 2.24) is 19.5 Å². The summed E-state index contributed by atoms with van der Waals surface area (Å²) in [5.41, 5.74) is 4.90. The predicted octanol–water partition coefficient (Wildman–Crippen LogP) is 5.69. The fourth-order valence-corrected chi connectivity index (χ4v) is 3.77. The minimum Gasteiger partial charge on any atom is -0.429 e. The Labute approximate surface area is 207 Å². The molecule has 0 radical (unpaired) electrons. The number of benzene rings is 3. The second-order valence-corrected chi connectivity index (χ2v) is 8.19. The first-order valence-electron chi connectivity index (χ1n) is 11.3. The van der Waals surface area contributed by atoms with Crippen molar-refractivity contribution in [3.63, 3.8) is 0 Å². The molecule has 36 heavy (non-hydrogen) atoms. The Morgan fingerprint density at radius 3 is 2.36 bits per heavy atom. The molecule has 8 heteroatoms. The third kappa shape index (κ3) is 4.50. The van der Waals surface area contributed by atoms with Crippen molar-refractivity contribution < 1.29 is 14.3 Å². The second kappa shape index (κ2) is 9.68. The first kappa shape index (κ1) is 22.7. The number of para-hydroxylation sites is 1. The fraction of sp³-hybridized carbons (Fsp3) is 0.107. The highest BCUT2D eigenvalue weighted by atomic mass is 16.7. The molecule has 0 fully saturated rings. The van der Waals surface area contributed by atoms with Crippen molar-refractivity contribution in [3.8, 4) is 29.2 Å². The van der Waals surface area contributed by atoms with E-state index < -0.39 is 6.16 Å². The highest BCUT2D eigenvalue weighted by Gasteiger charge is 2.24. The number of nitrogens with zero attached hydrogens (tertiary/aromatic N) is 5. The zero-order chi connectivity index (χ0) is 25.1. The van der Waals surface area contributed by atoms with Crippen LogP contribution in [0.1, 0.15) is 22.4 Å². The van der Waals surface area contributed by atoms with Crippen LogP contribution in [0.5, 0.6) is 6.01 Å². The summed E-state index contributed by atoms with van der Waals surface area (Å²) in [7, 11) is 0. The lowest BCUT2D eigenvalue weighted by Crippen LogP contribution is -2.14.